The van der Waals surface area contributed by atoms with E-state index < -0.39 is 5.97 Å². The van der Waals surface area contributed by atoms with Gasteiger partial charge in [-0.15, -0.1) is 11.8 Å². The number of carbonyl (C=O) groups is 2. The molecule has 19 heavy (non-hydrogen) atoms. The van der Waals surface area contributed by atoms with E-state index in [1.54, 1.807) is 18.2 Å². The molecule has 0 amide bonds. The number of hydrogen-bond donors (Lipinski definition) is 0. The van der Waals surface area contributed by atoms with E-state index >= 15 is 0 Å². The van der Waals surface area contributed by atoms with Crippen molar-refractivity contribution < 1.29 is 23.8 Å². The molecule has 0 bridgehead atoms. The van der Waals surface area contributed by atoms with Gasteiger partial charge in [0.1, 0.15) is 5.75 Å². The standard InChI is InChI=1S/C12H13ClO5S/c1-16-11(14)6-18-9-4-3-8(13)5-10(9)19-7-12(15)17-2/h3-5H,6-7H2,1-2H3. The Morgan fingerprint density at radius 3 is 2.53 bits per heavy atom. The highest BCUT2D eigenvalue weighted by atomic mass is 35.5. The van der Waals surface area contributed by atoms with Crippen LogP contribution in [0.1, 0.15) is 0 Å². The number of carbonyl (C=O) groups excluding carboxylic acids is 2. The van der Waals surface area contributed by atoms with Gasteiger partial charge in [-0.25, -0.2) is 4.79 Å². The molecule has 0 fully saturated rings. The molecule has 0 radical (unpaired) electrons. The predicted molar refractivity (Wildman–Crippen MR) is 71.7 cm³/mol. The zero-order valence-corrected chi connectivity index (χ0v) is 12.0. The van der Waals surface area contributed by atoms with E-state index in [4.69, 9.17) is 16.3 Å². The lowest BCUT2D eigenvalue weighted by Gasteiger charge is -2.10. The number of thioether (sulfide) groups is 1. The molecular formula is C12H13ClO5S. The minimum atomic E-state index is -0.487. The summed E-state index contributed by atoms with van der Waals surface area (Å²) < 4.78 is 14.3. The third-order valence-corrected chi connectivity index (χ3v) is 3.30. The molecule has 0 saturated heterocycles. The molecule has 5 nitrogen and oxygen atoms in total. The van der Waals surface area contributed by atoms with E-state index in [0.29, 0.717) is 15.7 Å². The highest BCUT2D eigenvalue weighted by molar-refractivity contribution is 8.00. The van der Waals surface area contributed by atoms with E-state index in [0.717, 1.165) is 0 Å². The topological polar surface area (TPSA) is 61.8 Å². The fraction of sp³-hybridized carbons (Fsp3) is 0.333. The van der Waals surface area contributed by atoms with Crippen molar-refractivity contribution in [1.29, 1.82) is 0 Å². The minimum absolute atomic E-state index is 0.130. The van der Waals surface area contributed by atoms with Gasteiger partial charge < -0.3 is 14.2 Å². The van der Waals surface area contributed by atoms with Crippen LogP contribution in [-0.2, 0) is 19.1 Å². The second kappa shape index (κ2) is 7.91. The number of benzene rings is 1. The number of ether oxygens (including phenoxy) is 3. The van der Waals surface area contributed by atoms with E-state index in [2.05, 4.69) is 9.47 Å². The Balaban J connectivity index is 2.73. The van der Waals surface area contributed by atoms with Crippen molar-refractivity contribution in [3.05, 3.63) is 23.2 Å². The Labute approximate surface area is 120 Å². The lowest BCUT2D eigenvalue weighted by atomic mass is 10.3. The fourth-order valence-corrected chi connectivity index (χ4v) is 2.21. The smallest absolute Gasteiger partial charge is 0.343 e. The third kappa shape index (κ3) is 5.40. The normalized spacial score (nSPS) is 9.84. The molecule has 104 valence electrons. The largest absolute Gasteiger partial charge is 0.481 e. The second-order valence-corrected chi connectivity index (χ2v) is 4.77. The summed E-state index contributed by atoms with van der Waals surface area (Å²) in [4.78, 5) is 22.8. The summed E-state index contributed by atoms with van der Waals surface area (Å²) in [7, 11) is 2.59. The van der Waals surface area contributed by atoms with Crippen molar-refractivity contribution >= 4 is 35.3 Å². The van der Waals surface area contributed by atoms with Crippen LogP contribution in [0.4, 0.5) is 0 Å². The molecule has 0 atom stereocenters. The van der Waals surface area contributed by atoms with Gasteiger partial charge in [-0.3, -0.25) is 4.79 Å². The summed E-state index contributed by atoms with van der Waals surface area (Å²) in [6.07, 6.45) is 0. The van der Waals surface area contributed by atoms with Gasteiger partial charge in [-0.05, 0) is 18.2 Å². The van der Waals surface area contributed by atoms with E-state index in [1.165, 1.54) is 26.0 Å². The first-order valence-electron chi connectivity index (χ1n) is 5.25. The van der Waals surface area contributed by atoms with Crippen LogP contribution >= 0.6 is 23.4 Å². The SMILES string of the molecule is COC(=O)COc1ccc(Cl)cc1SCC(=O)OC. The third-order valence-electron chi connectivity index (χ3n) is 2.05. The predicted octanol–water partition coefficient (Wildman–Crippen LogP) is 2.16. The zero-order valence-electron chi connectivity index (χ0n) is 10.5. The van der Waals surface area contributed by atoms with E-state index in [1.807, 2.05) is 0 Å². The number of hydrogen-bond acceptors (Lipinski definition) is 6. The summed E-state index contributed by atoms with van der Waals surface area (Å²) >= 11 is 7.10. The highest BCUT2D eigenvalue weighted by Crippen LogP contribution is 2.32. The molecule has 0 aliphatic rings. The summed E-state index contributed by atoms with van der Waals surface area (Å²) in [6, 6.07) is 4.92. The first-order chi connectivity index (χ1) is 9.06. The van der Waals surface area contributed by atoms with Crippen LogP contribution in [-0.4, -0.2) is 38.5 Å². The molecular weight excluding hydrogens is 292 g/mol. The first kappa shape index (κ1) is 15.7. The van der Waals surface area contributed by atoms with Gasteiger partial charge in [-0.1, -0.05) is 11.6 Å². The Morgan fingerprint density at radius 1 is 1.21 bits per heavy atom. The Kier molecular flexibility index (Phi) is 6.52. The molecule has 7 heteroatoms. The maximum atomic E-state index is 11.1. The molecule has 0 N–H and O–H groups in total. The van der Waals surface area contributed by atoms with Crippen LogP contribution in [0.2, 0.25) is 5.02 Å². The van der Waals surface area contributed by atoms with Gasteiger partial charge in [0.2, 0.25) is 0 Å². The average molecular weight is 305 g/mol. The van der Waals surface area contributed by atoms with Gasteiger partial charge in [0.15, 0.2) is 6.61 Å². The van der Waals surface area contributed by atoms with Gasteiger partial charge in [0.05, 0.1) is 24.9 Å². The molecule has 1 aromatic rings. The van der Waals surface area contributed by atoms with Gasteiger partial charge in [0.25, 0.3) is 0 Å². The summed E-state index contributed by atoms with van der Waals surface area (Å²) in [5, 5.41) is 0.512. The van der Waals surface area contributed by atoms with Crippen LogP contribution in [0.15, 0.2) is 23.1 Å². The second-order valence-electron chi connectivity index (χ2n) is 3.32. The molecule has 0 unspecified atom stereocenters. The molecule has 0 aromatic heterocycles. The van der Waals surface area contributed by atoms with Crippen LogP contribution in [0.3, 0.4) is 0 Å². The number of esters is 2. The zero-order chi connectivity index (χ0) is 14.3. The first-order valence-corrected chi connectivity index (χ1v) is 6.62. The molecule has 0 aliphatic carbocycles. The highest BCUT2D eigenvalue weighted by Gasteiger charge is 2.10. The quantitative estimate of drug-likeness (QED) is 0.593. The van der Waals surface area contributed by atoms with Gasteiger partial charge in [-0.2, -0.15) is 0 Å². The van der Waals surface area contributed by atoms with Crippen LogP contribution in [0, 0.1) is 0 Å². The summed E-state index contributed by atoms with van der Waals surface area (Å²) in [6.45, 7) is -0.204. The number of halogens is 1. The monoisotopic (exact) mass is 304 g/mol. The molecule has 0 aliphatic heterocycles. The van der Waals surface area contributed by atoms with Crippen molar-refractivity contribution in [1.82, 2.24) is 0 Å². The van der Waals surface area contributed by atoms with Gasteiger partial charge in [0, 0.05) is 5.02 Å². The Morgan fingerprint density at radius 2 is 1.89 bits per heavy atom. The van der Waals surface area contributed by atoms with Crippen LogP contribution in [0.25, 0.3) is 0 Å². The molecule has 0 saturated carbocycles. The number of methoxy groups -OCH3 is 2. The lowest BCUT2D eigenvalue weighted by molar-refractivity contribution is -0.143. The lowest BCUT2D eigenvalue weighted by Crippen LogP contribution is -2.13. The summed E-state index contributed by atoms with van der Waals surface area (Å²) in [5.74, 6) is -0.253. The fourth-order valence-electron chi connectivity index (χ4n) is 1.11. The minimum Gasteiger partial charge on any atom is -0.481 e. The molecule has 0 heterocycles. The van der Waals surface area contributed by atoms with Crippen LogP contribution < -0.4 is 4.74 Å². The maximum absolute atomic E-state index is 11.1. The number of rotatable bonds is 6. The van der Waals surface area contributed by atoms with Crippen molar-refractivity contribution in [3.63, 3.8) is 0 Å². The average Bonchev–Trinajstić information content (AvgIpc) is 2.43. The summed E-state index contributed by atoms with van der Waals surface area (Å²) in [5.41, 5.74) is 0. The molecule has 0 spiro atoms. The van der Waals surface area contributed by atoms with Crippen molar-refractivity contribution in [3.8, 4) is 5.75 Å². The maximum Gasteiger partial charge on any atom is 0.343 e. The van der Waals surface area contributed by atoms with Crippen LogP contribution in [0.5, 0.6) is 5.75 Å². The molecule has 1 rings (SSSR count). The van der Waals surface area contributed by atoms with Crippen molar-refractivity contribution in [2.24, 2.45) is 0 Å². The van der Waals surface area contributed by atoms with Crippen molar-refractivity contribution in [2.45, 2.75) is 4.90 Å². The Bertz CT molecular complexity index is 463. The molecule has 1 aromatic carbocycles. The van der Waals surface area contributed by atoms with E-state index in [9.17, 15) is 9.59 Å². The van der Waals surface area contributed by atoms with Gasteiger partial charge >= 0.3 is 11.9 Å². The van der Waals surface area contributed by atoms with E-state index in [-0.39, 0.29) is 18.3 Å². The van der Waals surface area contributed by atoms with Crippen molar-refractivity contribution in [2.75, 3.05) is 26.6 Å². The Hall–Kier alpha value is -1.40.